The van der Waals surface area contributed by atoms with Gasteiger partial charge in [-0.3, -0.25) is 4.99 Å². The van der Waals surface area contributed by atoms with Gasteiger partial charge in [0.15, 0.2) is 5.96 Å². The van der Waals surface area contributed by atoms with E-state index >= 15 is 0 Å². The number of likely N-dealkylation sites (N-methyl/N-ethyl adjacent to an activating group) is 2. The SMILES string of the molecule is BC1(C)CCC2C(C1)N(C)/C(=N\C)N2C. The summed E-state index contributed by atoms with van der Waals surface area (Å²) in [4.78, 5) is 9.12. The first kappa shape index (κ1) is 10.8. The summed E-state index contributed by atoms with van der Waals surface area (Å²) in [5.41, 5.74) is 0. The predicted octanol–water partition coefficient (Wildman–Crippen LogP) is 0.582. The predicted molar refractivity (Wildman–Crippen MR) is 67.2 cm³/mol. The average Bonchev–Trinajstić information content (AvgIpc) is 2.38. The Morgan fingerprint density at radius 2 is 1.93 bits per heavy atom. The summed E-state index contributed by atoms with van der Waals surface area (Å²) >= 11 is 0. The molecule has 0 amide bonds. The molecular weight excluding hydrogens is 185 g/mol. The van der Waals surface area contributed by atoms with Gasteiger partial charge < -0.3 is 9.80 Å². The van der Waals surface area contributed by atoms with Crippen LogP contribution in [0.5, 0.6) is 0 Å². The maximum atomic E-state index is 4.39. The highest BCUT2D eigenvalue weighted by Gasteiger charge is 2.45. The highest BCUT2D eigenvalue weighted by atomic mass is 15.4. The fourth-order valence-corrected chi connectivity index (χ4v) is 3.24. The van der Waals surface area contributed by atoms with Crippen molar-refractivity contribution in [3.63, 3.8) is 0 Å². The van der Waals surface area contributed by atoms with Crippen LogP contribution in [0.1, 0.15) is 26.2 Å². The molecule has 1 aliphatic heterocycles. The molecule has 2 aliphatic rings. The molecule has 15 heavy (non-hydrogen) atoms. The van der Waals surface area contributed by atoms with Crippen molar-refractivity contribution < 1.29 is 0 Å². The molecule has 0 bridgehead atoms. The molecule has 0 radical (unpaired) electrons. The van der Waals surface area contributed by atoms with E-state index in [0.717, 1.165) is 5.96 Å². The Morgan fingerprint density at radius 1 is 1.33 bits per heavy atom. The van der Waals surface area contributed by atoms with Crippen molar-refractivity contribution in [3.05, 3.63) is 0 Å². The Hall–Kier alpha value is -0.665. The van der Waals surface area contributed by atoms with Gasteiger partial charge in [0.2, 0.25) is 0 Å². The fourth-order valence-electron chi connectivity index (χ4n) is 3.24. The lowest BCUT2D eigenvalue weighted by molar-refractivity contribution is 0.201. The van der Waals surface area contributed by atoms with E-state index in [1.807, 2.05) is 7.05 Å². The molecule has 3 atom stereocenters. The maximum absolute atomic E-state index is 4.39. The first-order valence-corrected chi connectivity index (χ1v) is 5.89. The van der Waals surface area contributed by atoms with Gasteiger partial charge in [-0.1, -0.05) is 18.7 Å². The summed E-state index contributed by atoms with van der Waals surface area (Å²) in [7, 11) is 8.65. The topological polar surface area (TPSA) is 18.8 Å². The van der Waals surface area contributed by atoms with E-state index in [9.17, 15) is 0 Å². The van der Waals surface area contributed by atoms with E-state index < -0.39 is 0 Å². The third-order valence-corrected chi connectivity index (χ3v) is 4.15. The van der Waals surface area contributed by atoms with E-state index in [2.05, 4.69) is 43.7 Å². The Bertz CT molecular complexity index is 288. The minimum atomic E-state index is 0.499. The van der Waals surface area contributed by atoms with Crippen molar-refractivity contribution in [1.82, 2.24) is 9.80 Å². The first-order chi connectivity index (χ1) is 6.96. The Morgan fingerprint density at radius 3 is 2.53 bits per heavy atom. The average molecular weight is 207 g/mol. The van der Waals surface area contributed by atoms with Gasteiger partial charge in [-0.05, 0) is 12.8 Å². The van der Waals surface area contributed by atoms with Crippen LogP contribution in [0.2, 0.25) is 5.31 Å². The smallest absolute Gasteiger partial charge is 0.196 e. The van der Waals surface area contributed by atoms with Crippen LogP contribution >= 0.6 is 0 Å². The van der Waals surface area contributed by atoms with Crippen LogP contribution in [0.25, 0.3) is 0 Å². The molecule has 2 fully saturated rings. The number of nitrogens with zero attached hydrogens (tertiary/aromatic N) is 3. The molecule has 4 heteroatoms. The second kappa shape index (κ2) is 3.43. The van der Waals surface area contributed by atoms with Gasteiger partial charge in [0, 0.05) is 21.1 Å². The van der Waals surface area contributed by atoms with E-state index in [4.69, 9.17) is 0 Å². The van der Waals surface area contributed by atoms with Crippen LogP contribution in [0.15, 0.2) is 4.99 Å². The third kappa shape index (κ3) is 1.64. The van der Waals surface area contributed by atoms with Gasteiger partial charge >= 0.3 is 0 Å². The van der Waals surface area contributed by atoms with Crippen molar-refractivity contribution >= 4 is 13.8 Å². The fraction of sp³-hybridized carbons (Fsp3) is 0.909. The number of guanidine groups is 1. The Kier molecular flexibility index (Phi) is 2.48. The van der Waals surface area contributed by atoms with Crippen LogP contribution in [0.3, 0.4) is 0 Å². The van der Waals surface area contributed by atoms with Crippen LogP contribution in [0, 0.1) is 0 Å². The molecular formula is C11H22BN3. The quantitative estimate of drug-likeness (QED) is 0.541. The minimum absolute atomic E-state index is 0.499. The van der Waals surface area contributed by atoms with E-state index in [-0.39, 0.29) is 0 Å². The molecule has 1 heterocycles. The van der Waals surface area contributed by atoms with Crippen LogP contribution < -0.4 is 0 Å². The van der Waals surface area contributed by atoms with Crippen LogP contribution in [-0.4, -0.2) is 56.8 Å². The summed E-state index contributed by atoms with van der Waals surface area (Å²) in [5.74, 6) is 1.16. The van der Waals surface area contributed by atoms with Gasteiger partial charge in [-0.15, -0.1) is 0 Å². The van der Waals surface area contributed by atoms with Crippen molar-refractivity contribution in [2.45, 2.75) is 43.6 Å². The zero-order valence-electron chi connectivity index (χ0n) is 10.6. The van der Waals surface area contributed by atoms with Crippen LogP contribution in [0.4, 0.5) is 0 Å². The van der Waals surface area contributed by atoms with Gasteiger partial charge in [-0.25, -0.2) is 0 Å². The molecule has 3 unspecified atom stereocenters. The lowest BCUT2D eigenvalue weighted by atomic mass is 9.59. The molecule has 0 spiro atoms. The van der Waals surface area contributed by atoms with E-state index in [0.29, 0.717) is 17.4 Å². The summed E-state index contributed by atoms with van der Waals surface area (Å²) in [6.07, 6.45) is 3.93. The summed E-state index contributed by atoms with van der Waals surface area (Å²) in [5, 5.41) is 0.499. The molecule has 3 nitrogen and oxygen atoms in total. The monoisotopic (exact) mass is 207 g/mol. The third-order valence-electron chi connectivity index (χ3n) is 4.15. The molecule has 84 valence electrons. The molecule has 0 aromatic carbocycles. The summed E-state index contributed by atoms with van der Waals surface area (Å²) in [6, 6.07) is 1.35. The zero-order chi connectivity index (χ0) is 11.2. The molecule has 0 aromatic rings. The lowest BCUT2D eigenvalue weighted by Gasteiger charge is -2.39. The second-order valence-electron chi connectivity index (χ2n) is 5.79. The molecule has 2 rings (SSSR count). The highest BCUT2D eigenvalue weighted by molar-refractivity contribution is 6.15. The van der Waals surface area contributed by atoms with Crippen molar-refractivity contribution in [2.24, 2.45) is 4.99 Å². The van der Waals surface area contributed by atoms with Gasteiger partial charge in [0.25, 0.3) is 0 Å². The minimum Gasteiger partial charge on any atom is -0.341 e. The van der Waals surface area contributed by atoms with Crippen molar-refractivity contribution in [2.75, 3.05) is 21.1 Å². The first-order valence-electron chi connectivity index (χ1n) is 5.89. The lowest BCUT2D eigenvalue weighted by Crippen LogP contribution is -2.42. The van der Waals surface area contributed by atoms with Gasteiger partial charge in [0.1, 0.15) is 7.85 Å². The van der Waals surface area contributed by atoms with E-state index in [1.165, 1.54) is 19.3 Å². The van der Waals surface area contributed by atoms with Crippen molar-refractivity contribution in [1.29, 1.82) is 0 Å². The molecule has 0 N–H and O–H groups in total. The van der Waals surface area contributed by atoms with E-state index in [1.54, 1.807) is 0 Å². The normalized spacial score (nSPS) is 43.6. The molecule has 1 saturated heterocycles. The van der Waals surface area contributed by atoms with Gasteiger partial charge in [0.05, 0.1) is 12.1 Å². The largest absolute Gasteiger partial charge is 0.341 e. The number of rotatable bonds is 0. The molecule has 0 aromatic heterocycles. The van der Waals surface area contributed by atoms with Crippen molar-refractivity contribution in [3.8, 4) is 0 Å². The van der Waals surface area contributed by atoms with Gasteiger partial charge in [-0.2, -0.15) is 0 Å². The number of fused-ring (bicyclic) bond motifs is 1. The number of aliphatic imine (C=N–C) groups is 1. The highest BCUT2D eigenvalue weighted by Crippen LogP contribution is 2.44. The zero-order valence-corrected chi connectivity index (χ0v) is 10.6. The summed E-state index contributed by atoms with van der Waals surface area (Å²) in [6.45, 7) is 2.39. The van der Waals surface area contributed by atoms with Crippen LogP contribution in [-0.2, 0) is 0 Å². The Balaban J connectivity index is 2.23. The standard InChI is InChI=1S/C11H22BN3/c1-11(12)6-5-8-9(7-11)15(4)10(13-2)14(8)3/h8-9H,5-7,12H2,1-4H3/b13-10-. The number of hydrogen-bond acceptors (Lipinski definition) is 1. The summed E-state index contributed by atoms with van der Waals surface area (Å²) < 4.78 is 0. The second-order valence-corrected chi connectivity index (χ2v) is 5.79. The Labute approximate surface area is 93.9 Å². The molecule has 1 aliphatic carbocycles. The maximum Gasteiger partial charge on any atom is 0.196 e. The number of hydrogen-bond donors (Lipinski definition) is 0. The molecule has 1 saturated carbocycles.